The molecule has 2 atom stereocenters. The number of benzene rings is 1. The summed E-state index contributed by atoms with van der Waals surface area (Å²) >= 11 is 0. The Balaban J connectivity index is 2.63. The highest BCUT2D eigenvalue weighted by atomic mass is 16.3. The Kier molecular flexibility index (Phi) is 5.50. The minimum atomic E-state index is -0.446. The van der Waals surface area contributed by atoms with E-state index in [9.17, 15) is 5.11 Å². The van der Waals surface area contributed by atoms with Crippen molar-refractivity contribution in [3.8, 4) is 0 Å². The molecule has 0 radical (unpaired) electrons. The largest absolute Gasteiger partial charge is 0.396 e. The highest BCUT2D eigenvalue weighted by Crippen LogP contribution is 2.23. The maximum Gasteiger partial charge on any atom is 0.0790 e. The zero-order chi connectivity index (χ0) is 12.0. The van der Waals surface area contributed by atoms with Crippen LogP contribution in [0.2, 0.25) is 0 Å². The van der Waals surface area contributed by atoms with Crippen LogP contribution in [0.1, 0.15) is 56.3 Å². The van der Waals surface area contributed by atoms with Crippen LogP contribution >= 0.6 is 0 Å². The van der Waals surface area contributed by atoms with Crippen LogP contribution in [0.15, 0.2) is 24.3 Å². The van der Waals surface area contributed by atoms with Crippen LogP contribution in [0, 0.1) is 0 Å². The molecule has 16 heavy (non-hydrogen) atoms. The van der Waals surface area contributed by atoms with E-state index in [1.165, 1.54) is 5.56 Å². The summed E-state index contributed by atoms with van der Waals surface area (Å²) in [5.74, 6) is 0.573. The molecular weight excluding hydrogens is 200 g/mol. The molecule has 0 aliphatic rings. The predicted molar refractivity (Wildman–Crippen MR) is 66.4 cm³/mol. The molecule has 2 unspecified atom stereocenters. The van der Waals surface area contributed by atoms with Crippen molar-refractivity contribution in [2.45, 2.75) is 45.1 Å². The Bertz CT molecular complexity index is 292. The van der Waals surface area contributed by atoms with Crippen molar-refractivity contribution in [3.63, 3.8) is 0 Å². The van der Waals surface area contributed by atoms with Gasteiger partial charge in [0.15, 0.2) is 0 Å². The van der Waals surface area contributed by atoms with Crippen molar-refractivity contribution in [1.29, 1.82) is 0 Å². The molecular formula is C14H22O2. The van der Waals surface area contributed by atoms with Crippen molar-refractivity contribution in [2.75, 3.05) is 6.61 Å². The normalized spacial score (nSPS) is 14.8. The fourth-order valence-corrected chi connectivity index (χ4v) is 1.73. The van der Waals surface area contributed by atoms with Crippen LogP contribution in [-0.2, 0) is 0 Å². The first-order valence-corrected chi connectivity index (χ1v) is 6.07. The van der Waals surface area contributed by atoms with Gasteiger partial charge in [0.2, 0.25) is 0 Å². The molecule has 2 nitrogen and oxygen atoms in total. The van der Waals surface area contributed by atoms with Gasteiger partial charge >= 0.3 is 0 Å². The lowest BCUT2D eigenvalue weighted by Crippen LogP contribution is -1.99. The second kappa shape index (κ2) is 6.66. The van der Waals surface area contributed by atoms with Gasteiger partial charge in [0.1, 0.15) is 0 Å². The molecule has 0 saturated carbocycles. The predicted octanol–water partition coefficient (Wildman–Crippen LogP) is 3.01. The summed E-state index contributed by atoms with van der Waals surface area (Å²) in [7, 11) is 0. The summed E-state index contributed by atoms with van der Waals surface area (Å²) in [4.78, 5) is 0. The SMILES string of the molecule is CCC(C)c1ccc(C(O)CCCO)cc1. The molecule has 1 aromatic rings. The average molecular weight is 222 g/mol. The van der Waals surface area contributed by atoms with Crippen molar-refractivity contribution in [3.05, 3.63) is 35.4 Å². The van der Waals surface area contributed by atoms with Crippen molar-refractivity contribution in [1.82, 2.24) is 0 Å². The van der Waals surface area contributed by atoms with E-state index in [4.69, 9.17) is 5.11 Å². The summed E-state index contributed by atoms with van der Waals surface area (Å²) < 4.78 is 0. The number of aliphatic hydroxyl groups is 2. The molecule has 0 spiro atoms. The van der Waals surface area contributed by atoms with Gasteiger partial charge in [-0.25, -0.2) is 0 Å². The Morgan fingerprint density at radius 2 is 1.69 bits per heavy atom. The Labute approximate surface area is 97.9 Å². The summed E-state index contributed by atoms with van der Waals surface area (Å²) in [5.41, 5.74) is 2.26. The average Bonchev–Trinajstić information content (AvgIpc) is 2.35. The van der Waals surface area contributed by atoms with E-state index in [2.05, 4.69) is 26.0 Å². The molecule has 0 heterocycles. The summed E-state index contributed by atoms with van der Waals surface area (Å²) in [6.07, 6.45) is 1.96. The fourth-order valence-electron chi connectivity index (χ4n) is 1.73. The molecule has 0 fully saturated rings. The maximum absolute atomic E-state index is 9.83. The molecule has 0 aromatic heterocycles. The first kappa shape index (κ1) is 13.2. The van der Waals surface area contributed by atoms with Crippen LogP contribution in [0.3, 0.4) is 0 Å². The van der Waals surface area contributed by atoms with Gasteiger partial charge in [-0.05, 0) is 36.3 Å². The van der Waals surface area contributed by atoms with E-state index in [1.54, 1.807) is 0 Å². The van der Waals surface area contributed by atoms with Crippen LogP contribution in [0.25, 0.3) is 0 Å². The zero-order valence-electron chi connectivity index (χ0n) is 10.2. The molecule has 0 saturated heterocycles. The summed E-state index contributed by atoms with van der Waals surface area (Å²) in [6, 6.07) is 8.16. The maximum atomic E-state index is 9.83. The van der Waals surface area contributed by atoms with Crippen LogP contribution in [0.4, 0.5) is 0 Å². The van der Waals surface area contributed by atoms with E-state index < -0.39 is 6.10 Å². The van der Waals surface area contributed by atoms with Gasteiger partial charge in [0, 0.05) is 6.61 Å². The highest BCUT2D eigenvalue weighted by Gasteiger charge is 2.08. The molecule has 1 rings (SSSR count). The van der Waals surface area contributed by atoms with Crippen molar-refractivity contribution >= 4 is 0 Å². The lowest BCUT2D eigenvalue weighted by atomic mass is 9.96. The topological polar surface area (TPSA) is 40.5 Å². The molecule has 2 N–H and O–H groups in total. The lowest BCUT2D eigenvalue weighted by molar-refractivity contribution is 0.152. The molecule has 1 aromatic carbocycles. The Hall–Kier alpha value is -0.860. The third-order valence-electron chi connectivity index (χ3n) is 3.14. The Morgan fingerprint density at radius 1 is 1.12 bits per heavy atom. The second-order valence-electron chi connectivity index (χ2n) is 4.36. The van der Waals surface area contributed by atoms with Gasteiger partial charge in [0.05, 0.1) is 6.10 Å². The van der Waals surface area contributed by atoms with E-state index in [0.717, 1.165) is 12.0 Å². The van der Waals surface area contributed by atoms with E-state index >= 15 is 0 Å². The number of aliphatic hydroxyl groups excluding tert-OH is 2. The van der Waals surface area contributed by atoms with Gasteiger partial charge in [-0.2, -0.15) is 0 Å². The second-order valence-corrected chi connectivity index (χ2v) is 4.36. The number of hydrogen-bond donors (Lipinski definition) is 2. The van der Waals surface area contributed by atoms with Crippen LogP contribution < -0.4 is 0 Å². The smallest absolute Gasteiger partial charge is 0.0790 e. The van der Waals surface area contributed by atoms with Gasteiger partial charge in [-0.1, -0.05) is 38.1 Å². The third-order valence-corrected chi connectivity index (χ3v) is 3.14. The molecule has 2 heteroatoms. The molecule has 0 bridgehead atoms. The van der Waals surface area contributed by atoms with Gasteiger partial charge in [-0.15, -0.1) is 0 Å². The molecule has 0 aliphatic carbocycles. The highest BCUT2D eigenvalue weighted by molar-refractivity contribution is 5.26. The standard InChI is InChI=1S/C14H22O2/c1-3-11(2)12-6-8-13(9-7-12)14(16)5-4-10-15/h6-9,11,14-16H,3-5,10H2,1-2H3. The molecule has 90 valence electrons. The Morgan fingerprint density at radius 3 is 2.19 bits per heavy atom. The van der Waals surface area contributed by atoms with Crippen molar-refractivity contribution < 1.29 is 10.2 Å². The lowest BCUT2D eigenvalue weighted by Gasteiger charge is -2.13. The van der Waals surface area contributed by atoms with Crippen LogP contribution in [-0.4, -0.2) is 16.8 Å². The minimum Gasteiger partial charge on any atom is -0.396 e. The first-order chi connectivity index (χ1) is 7.69. The van der Waals surface area contributed by atoms with Gasteiger partial charge < -0.3 is 10.2 Å². The molecule has 0 aliphatic heterocycles. The summed E-state index contributed by atoms with van der Waals surface area (Å²) in [6.45, 7) is 4.52. The molecule has 0 amide bonds. The number of rotatable bonds is 6. The van der Waals surface area contributed by atoms with E-state index in [0.29, 0.717) is 18.8 Å². The van der Waals surface area contributed by atoms with E-state index in [-0.39, 0.29) is 6.61 Å². The fraction of sp³-hybridized carbons (Fsp3) is 0.571. The number of hydrogen-bond acceptors (Lipinski definition) is 2. The van der Waals surface area contributed by atoms with E-state index in [1.807, 2.05) is 12.1 Å². The monoisotopic (exact) mass is 222 g/mol. The minimum absolute atomic E-state index is 0.141. The third kappa shape index (κ3) is 3.62. The summed E-state index contributed by atoms with van der Waals surface area (Å²) in [5, 5.41) is 18.5. The quantitative estimate of drug-likeness (QED) is 0.776. The first-order valence-electron chi connectivity index (χ1n) is 6.07. The van der Waals surface area contributed by atoms with Crippen LogP contribution in [0.5, 0.6) is 0 Å². The zero-order valence-corrected chi connectivity index (χ0v) is 10.2. The van der Waals surface area contributed by atoms with Crippen molar-refractivity contribution in [2.24, 2.45) is 0 Å². The van der Waals surface area contributed by atoms with Gasteiger partial charge in [-0.3, -0.25) is 0 Å². The van der Waals surface area contributed by atoms with Gasteiger partial charge in [0.25, 0.3) is 0 Å².